The van der Waals surface area contributed by atoms with Gasteiger partial charge in [0, 0.05) is 18.5 Å². The Kier molecular flexibility index (Phi) is 5.20. The van der Waals surface area contributed by atoms with Gasteiger partial charge in [-0.25, -0.2) is 0 Å². The zero-order valence-corrected chi connectivity index (χ0v) is 12.9. The van der Waals surface area contributed by atoms with Crippen LogP contribution in [0.5, 0.6) is 5.75 Å². The molecule has 0 aliphatic carbocycles. The minimum atomic E-state index is -0.245. The summed E-state index contributed by atoms with van der Waals surface area (Å²) in [6.45, 7) is 6.63. The van der Waals surface area contributed by atoms with Crippen molar-refractivity contribution in [1.29, 1.82) is 0 Å². The average molecular weight is 292 g/mol. The molecule has 116 valence electrons. The number of carbonyl (C=O) groups excluding carboxylic acids is 1. The van der Waals surface area contributed by atoms with Crippen molar-refractivity contribution < 1.29 is 14.3 Å². The van der Waals surface area contributed by atoms with Crippen molar-refractivity contribution in [2.24, 2.45) is 0 Å². The van der Waals surface area contributed by atoms with Crippen molar-refractivity contribution >= 4 is 5.91 Å². The van der Waals surface area contributed by atoms with E-state index in [2.05, 4.69) is 24.5 Å². The summed E-state index contributed by atoms with van der Waals surface area (Å²) >= 11 is 0. The van der Waals surface area contributed by atoms with Crippen molar-refractivity contribution in [1.82, 2.24) is 10.6 Å². The van der Waals surface area contributed by atoms with Gasteiger partial charge in [-0.2, -0.15) is 0 Å². The molecule has 5 heteroatoms. The van der Waals surface area contributed by atoms with Crippen molar-refractivity contribution in [3.05, 3.63) is 29.8 Å². The lowest BCUT2D eigenvalue weighted by molar-refractivity contribution is -0.126. The average Bonchev–Trinajstić information content (AvgIpc) is 2.53. The molecule has 0 bridgehead atoms. The van der Waals surface area contributed by atoms with E-state index in [1.54, 1.807) is 7.11 Å². The summed E-state index contributed by atoms with van der Waals surface area (Å²) in [7, 11) is 1.65. The molecule has 1 unspecified atom stereocenters. The highest BCUT2D eigenvalue weighted by Crippen LogP contribution is 2.24. The first kappa shape index (κ1) is 15.8. The summed E-state index contributed by atoms with van der Waals surface area (Å²) in [5, 5.41) is 6.16. The zero-order valence-electron chi connectivity index (χ0n) is 12.9. The van der Waals surface area contributed by atoms with Crippen LogP contribution in [-0.4, -0.2) is 45.4 Å². The lowest BCUT2D eigenvalue weighted by atomic mass is 9.84. The maximum atomic E-state index is 12.1. The van der Waals surface area contributed by atoms with Crippen LogP contribution in [0.3, 0.4) is 0 Å². The first-order chi connectivity index (χ1) is 10.0. The van der Waals surface area contributed by atoms with E-state index in [0.717, 1.165) is 17.9 Å². The molecule has 0 radical (unpaired) electrons. The van der Waals surface area contributed by atoms with Gasteiger partial charge < -0.3 is 20.1 Å². The normalized spacial score (nSPS) is 19.1. The fourth-order valence-corrected chi connectivity index (χ4v) is 2.31. The van der Waals surface area contributed by atoms with Crippen molar-refractivity contribution in [2.75, 3.05) is 33.4 Å². The molecule has 0 saturated carbocycles. The molecule has 1 aliphatic heterocycles. The van der Waals surface area contributed by atoms with E-state index in [9.17, 15) is 4.79 Å². The minimum absolute atomic E-state index is 0.00344. The molecule has 1 aliphatic rings. The third-order valence-corrected chi connectivity index (χ3v) is 3.81. The van der Waals surface area contributed by atoms with Crippen molar-refractivity contribution in [2.45, 2.75) is 25.3 Å². The largest absolute Gasteiger partial charge is 0.497 e. The summed E-state index contributed by atoms with van der Waals surface area (Å²) in [6, 6.07) is 7.70. The number of methoxy groups -OCH3 is 1. The van der Waals surface area contributed by atoms with Gasteiger partial charge in [0.2, 0.25) is 5.91 Å². The summed E-state index contributed by atoms with van der Waals surface area (Å²) < 4.78 is 10.5. The number of rotatable bonds is 5. The summed E-state index contributed by atoms with van der Waals surface area (Å²) in [5.74, 6) is 0.832. The number of amides is 1. The molecular weight excluding hydrogens is 268 g/mol. The standard InChI is InChI=1S/C16H24N2O3/c1-16(2,12-4-6-13(20-3)7-5-12)11-18-15(19)14-10-21-9-8-17-14/h4-7,14,17H,8-11H2,1-3H3,(H,18,19). The third-order valence-electron chi connectivity index (χ3n) is 3.81. The maximum Gasteiger partial charge on any atom is 0.239 e. The Hall–Kier alpha value is -1.59. The van der Waals surface area contributed by atoms with Crippen LogP contribution in [-0.2, 0) is 14.9 Å². The highest BCUT2D eigenvalue weighted by Gasteiger charge is 2.25. The highest BCUT2D eigenvalue weighted by molar-refractivity contribution is 5.82. The Morgan fingerprint density at radius 1 is 1.43 bits per heavy atom. The number of carbonyl (C=O) groups is 1. The second-order valence-corrected chi connectivity index (χ2v) is 5.91. The predicted molar refractivity (Wildman–Crippen MR) is 81.6 cm³/mol. The van der Waals surface area contributed by atoms with E-state index in [0.29, 0.717) is 19.8 Å². The molecule has 1 aromatic carbocycles. The predicted octanol–water partition coefficient (Wildman–Crippen LogP) is 1.08. The molecule has 1 aromatic rings. The van der Waals surface area contributed by atoms with Gasteiger partial charge in [-0.15, -0.1) is 0 Å². The number of hydrogen-bond donors (Lipinski definition) is 2. The quantitative estimate of drug-likeness (QED) is 0.852. The van der Waals surface area contributed by atoms with E-state index in [-0.39, 0.29) is 17.4 Å². The summed E-state index contributed by atoms with van der Waals surface area (Å²) in [6.07, 6.45) is 0. The number of ether oxygens (including phenoxy) is 2. The number of benzene rings is 1. The molecule has 5 nitrogen and oxygen atoms in total. The number of hydrogen-bond acceptors (Lipinski definition) is 4. The SMILES string of the molecule is COc1ccc(C(C)(C)CNC(=O)C2COCCN2)cc1. The molecule has 1 heterocycles. The van der Waals surface area contributed by atoms with E-state index in [4.69, 9.17) is 9.47 Å². The van der Waals surface area contributed by atoms with Crippen LogP contribution >= 0.6 is 0 Å². The first-order valence-corrected chi connectivity index (χ1v) is 7.26. The molecule has 1 fully saturated rings. The Morgan fingerprint density at radius 2 is 2.14 bits per heavy atom. The number of morpholine rings is 1. The van der Waals surface area contributed by atoms with Gasteiger partial charge >= 0.3 is 0 Å². The Bertz CT molecular complexity index is 465. The molecule has 1 saturated heterocycles. The highest BCUT2D eigenvalue weighted by atomic mass is 16.5. The van der Waals surface area contributed by atoms with Gasteiger partial charge in [0.05, 0.1) is 20.3 Å². The van der Waals surface area contributed by atoms with E-state index in [1.807, 2.05) is 24.3 Å². The molecule has 1 amide bonds. The topological polar surface area (TPSA) is 59.6 Å². The minimum Gasteiger partial charge on any atom is -0.497 e. The van der Waals surface area contributed by atoms with Crippen molar-refractivity contribution in [3.8, 4) is 5.75 Å². The fourth-order valence-electron chi connectivity index (χ4n) is 2.31. The van der Waals surface area contributed by atoms with Crippen LogP contribution in [0, 0.1) is 0 Å². The lowest BCUT2D eigenvalue weighted by Gasteiger charge is -2.28. The van der Waals surface area contributed by atoms with Crippen LogP contribution < -0.4 is 15.4 Å². The first-order valence-electron chi connectivity index (χ1n) is 7.26. The van der Waals surface area contributed by atoms with Crippen LogP contribution in [0.2, 0.25) is 0 Å². The molecule has 2 N–H and O–H groups in total. The summed E-state index contributed by atoms with van der Waals surface area (Å²) in [4.78, 5) is 12.1. The molecule has 2 rings (SSSR count). The molecule has 0 spiro atoms. The van der Waals surface area contributed by atoms with Crippen LogP contribution in [0.4, 0.5) is 0 Å². The molecular formula is C16H24N2O3. The zero-order chi connectivity index (χ0) is 15.3. The second-order valence-electron chi connectivity index (χ2n) is 5.91. The summed E-state index contributed by atoms with van der Waals surface area (Å²) in [5.41, 5.74) is 1.02. The smallest absolute Gasteiger partial charge is 0.239 e. The van der Waals surface area contributed by atoms with E-state index in [1.165, 1.54) is 0 Å². The van der Waals surface area contributed by atoms with Gasteiger partial charge in [0.15, 0.2) is 0 Å². The van der Waals surface area contributed by atoms with Crippen molar-refractivity contribution in [3.63, 3.8) is 0 Å². The van der Waals surface area contributed by atoms with E-state index < -0.39 is 0 Å². The van der Waals surface area contributed by atoms with Gasteiger partial charge in [-0.1, -0.05) is 26.0 Å². The third kappa shape index (κ3) is 4.19. The Labute approximate surface area is 126 Å². The van der Waals surface area contributed by atoms with Crippen LogP contribution in [0.25, 0.3) is 0 Å². The van der Waals surface area contributed by atoms with Crippen LogP contribution in [0.15, 0.2) is 24.3 Å². The molecule has 0 aromatic heterocycles. The van der Waals surface area contributed by atoms with E-state index >= 15 is 0 Å². The lowest BCUT2D eigenvalue weighted by Crippen LogP contribution is -2.52. The fraction of sp³-hybridized carbons (Fsp3) is 0.562. The van der Waals surface area contributed by atoms with Gasteiger partial charge in [0.25, 0.3) is 0 Å². The maximum absolute atomic E-state index is 12.1. The van der Waals surface area contributed by atoms with Gasteiger partial charge in [0.1, 0.15) is 11.8 Å². The van der Waals surface area contributed by atoms with Gasteiger partial charge in [-0.3, -0.25) is 4.79 Å². The van der Waals surface area contributed by atoms with Crippen LogP contribution in [0.1, 0.15) is 19.4 Å². The Morgan fingerprint density at radius 3 is 2.71 bits per heavy atom. The monoisotopic (exact) mass is 292 g/mol. The second kappa shape index (κ2) is 6.91. The molecule has 21 heavy (non-hydrogen) atoms. The van der Waals surface area contributed by atoms with Gasteiger partial charge in [-0.05, 0) is 17.7 Å². The Balaban J connectivity index is 1.91. The number of nitrogens with one attached hydrogen (secondary N) is 2. The molecule has 1 atom stereocenters.